The number of amides is 2. The number of rotatable bonds is 5. The van der Waals surface area contributed by atoms with Crippen molar-refractivity contribution < 1.29 is 14.3 Å². The predicted molar refractivity (Wildman–Crippen MR) is 117 cm³/mol. The molecule has 1 heterocycles. The van der Waals surface area contributed by atoms with Crippen molar-refractivity contribution in [3.63, 3.8) is 0 Å². The SMILES string of the molecule is COc1ccc(NC(=O)C[C@H]2SC(=Nc3ccc(I)cc3)N(C)C2=O)cc1. The van der Waals surface area contributed by atoms with E-state index in [0.717, 1.165) is 9.26 Å². The first kappa shape index (κ1) is 19.7. The lowest BCUT2D eigenvalue weighted by Gasteiger charge is -2.09. The molecule has 0 aliphatic carbocycles. The van der Waals surface area contributed by atoms with Gasteiger partial charge in [0.05, 0.1) is 12.8 Å². The largest absolute Gasteiger partial charge is 0.497 e. The minimum absolute atomic E-state index is 0.0889. The number of carbonyl (C=O) groups is 2. The summed E-state index contributed by atoms with van der Waals surface area (Å²) in [5.41, 5.74) is 1.44. The monoisotopic (exact) mass is 495 g/mol. The van der Waals surface area contributed by atoms with Crippen LogP contribution in [0.2, 0.25) is 0 Å². The first-order valence-corrected chi connectivity index (χ1v) is 10.1. The lowest BCUT2D eigenvalue weighted by atomic mass is 10.2. The van der Waals surface area contributed by atoms with E-state index < -0.39 is 5.25 Å². The van der Waals surface area contributed by atoms with E-state index in [0.29, 0.717) is 16.6 Å². The summed E-state index contributed by atoms with van der Waals surface area (Å²) in [6, 6.07) is 14.8. The van der Waals surface area contributed by atoms with Gasteiger partial charge in [0.2, 0.25) is 11.8 Å². The topological polar surface area (TPSA) is 71.0 Å². The normalized spacial score (nSPS) is 18.0. The first-order chi connectivity index (χ1) is 13.0. The molecule has 2 aromatic carbocycles. The molecule has 2 amide bonds. The van der Waals surface area contributed by atoms with Gasteiger partial charge in [-0.05, 0) is 71.1 Å². The zero-order valence-electron chi connectivity index (χ0n) is 14.8. The van der Waals surface area contributed by atoms with Crippen molar-refractivity contribution in [1.82, 2.24) is 4.90 Å². The summed E-state index contributed by atoms with van der Waals surface area (Å²) < 4.78 is 6.21. The second-order valence-electron chi connectivity index (χ2n) is 5.86. The number of aliphatic imine (C=N–C) groups is 1. The molecule has 1 saturated heterocycles. The molecule has 3 rings (SSSR count). The quantitative estimate of drug-likeness (QED) is 0.640. The maximum absolute atomic E-state index is 12.5. The van der Waals surface area contributed by atoms with Crippen molar-refractivity contribution in [3.8, 4) is 5.75 Å². The van der Waals surface area contributed by atoms with Crippen LogP contribution in [0.3, 0.4) is 0 Å². The van der Waals surface area contributed by atoms with Crippen molar-refractivity contribution in [2.75, 3.05) is 19.5 Å². The molecule has 0 radical (unpaired) electrons. The number of carbonyl (C=O) groups excluding carboxylic acids is 2. The van der Waals surface area contributed by atoms with Crippen LogP contribution in [0, 0.1) is 3.57 Å². The number of hydrogen-bond donors (Lipinski definition) is 1. The van der Waals surface area contributed by atoms with Crippen LogP contribution in [-0.4, -0.2) is 41.3 Å². The number of ether oxygens (including phenoxy) is 1. The Kier molecular flexibility index (Phi) is 6.38. The summed E-state index contributed by atoms with van der Waals surface area (Å²) in [6.07, 6.45) is 0.0889. The number of benzene rings is 2. The number of hydrogen-bond acceptors (Lipinski definition) is 5. The smallest absolute Gasteiger partial charge is 0.242 e. The third-order valence-corrected chi connectivity index (χ3v) is 5.88. The molecular weight excluding hydrogens is 477 g/mol. The minimum Gasteiger partial charge on any atom is -0.497 e. The fourth-order valence-electron chi connectivity index (χ4n) is 2.48. The summed E-state index contributed by atoms with van der Waals surface area (Å²) in [4.78, 5) is 30.8. The molecule has 1 fully saturated rings. The van der Waals surface area contributed by atoms with E-state index in [2.05, 4.69) is 32.9 Å². The lowest BCUT2D eigenvalue weighted by Crippen LogP contribution is -2.30. The van der Waals surface area contributed by atoms with Gasteiger partial charge in [-0.3, -0.25) is 14.5 Å². The molecule has 0 unspecified atom stereocenters. The third kappa shape index (κ3) is 5.01. The molecule has 27 heavy (non-hydrogen) atoms. The minimum atomic E-state index is -0.476. The zero-order chi connectivity index (χ0) is 19.4. The highest BCUT2D eigenvalue weighted by atomic mass is 127. The van der Waals surface area contributed by atoms with Crippen LogP contribution >= 0.6 is 34.4 Å². The number of nitrogens with zero attached hydrogens (tertiary/aromatic N) is 2. The van der Waals surface area contributed by atoms with Gasteiger partial charge in [0.25, 0.3) is 0 Å². The van der Waals surface area contributed by atoms with Crippen LogP contribution in [-0.2, 0) is 9.59 Å². The highest BCUT2D eigenvalue weighted by molar-refractivity contribution is 14.1. The van der Waals surface area contributed by atoms with E-state index in [1.54, 1.807) is 38.4 Å². The molecular formula is C19H18IN3O3S. The molecule has 1 aliphatic rings. The molecule has 0 bridgehead atoms. The van der Waals surface area contributed by atoms with E-state index in [1.165, 1.54) is 16.7 Å². The van der Waals surface area contributed by atoms with Crippen molar-refractivity contribution in [2.24, 2.45) is 4.99 Å². The zero-order valence-corrected chi connectivity index (χ0v) is 17.8. The number of halogens is 1. The summed E-state index contributed by atoms with van der Waals surface area (Å²) in [5.74, 6) is 0.386. The maximum Gasteiger partial charge on any atom is 0.242 e. The molecule has 0 aromatic heterocycles. The van der Waals surface area contributed by atoms with Gasteiger partial charge >= 0.3 is 0 Å². The fraction of sp³-hybridized carbons (Fsp3) is 0.211. The maximum atomic E-state index is 12.5. The number of thioether (sulfide) groups is 1. The molecule has 2 aromatic rings. The van der Waals surface area contributed by atoms with Crippen LogP contribution < -0.4 is 10.1 Å². The van der Waals surface area contributed by atoms with Gasteiger partial charge in [-0.15, -0.1) is 0 Å². The first-order valence-electron chi connectivity index (χ1n) is 8.18. The Morgan fingerprint density at radius 2 is 1.89 bits per heavy atom. The van der Waals surface area contributed by atoms with Crippen LogP contribution in [0.5, 0.6) is 5.75 Å². The Hall–Kier alpha value is -2.07. The molecule has 6 nitrogen and oxygen atoms in total. The van der Waals surface area contributed by atoms with Gasteiger partial charge in [0, 0.05) is 22.7 Å². The third-order valence-electron chi connectivity index (χ3n) is 3.94. The average molecular weight is 495 g/mol. The van der Waals surface area contributed by atoms with Gasteiger partial charge in [0.15, 0.2) is 5.17 Å². The summed E-state index contributed by atoms with van der Waals surface area (Å²) in [7, 11) is 3.27. The second kappa shape index (κ2) is 8.75. The van der Waals surface area contributed by atoms with Gasteiger partial charge in [0.1, 0.15) is 11.0 Å². The molecule has 0 saturated carbocycles. The average Bonchev–Trinajstić information content (AvgIpc) is 2.92. The molecule has 1 N–H and O–H groups in total. The van der Waals surface area contributed by atoms with Gasteiger partial charge in [-0.2, -0.15) is 0 Å². The fourth-order valence-corrected chi connectivity index (χ4v) is 3.99. The van der Waals surface area contributed by atoms with Crippen LogP contribution in [0.25, 0.3) is 0 Å². The van der Waals surface area contributed by atoms with Gasteiger partial charge in [-0.25, -0.2) is 4.99 Å². The predicted octanol–water partition coefficient (Wildman–Crippen LogP) is 3.89. The number of methoxy groups -OCH3 is 1. The molecule has 8 heteroatoms. The Balaban J connectivity index is 1.63. The number of amidine groups is 1. The number of nitrogens with one attached hydrogen (secondary N) is 1. The van der Waals surface area contributed by atoms with Crippen molar-refractivity contribution in [2.45, 2.75) is 11.7 Å². The summed E-state index contributed by atoms with van der Waals surface area (Å²) in [5, 5.41) is 2.93. The van der Waals surface area contributed by atoms with Gasteiger partial charge in [-0.1, -0.05) is 11.8 Å². The molecule has 1 atom stereocenters. The van der Waals surface area contributed by atoms with E-state index in [4.69, 9.17) is 4.74 Å². The summed E-state index contributed by atoms with van der Waals surface area (Å²) >= 11 is 3.54. The highest BCUT2D eigenvalue weighted by Crippen LogP contribution is 2.31. The molecule has 0 spiro atoms. The van der Waals surface area contributed by atoms with Crippen molar-refractivity contribution in [3.05, 3.63) is 52.1 Å². The van der Waals surface area contributed by atoms with Gasteiger partial charge < -0.3 is 10.1 Å². The summed E-state index contributed by atoms with van der Waals surface area (Å²) in [6.45, 7) is 0. The van der Waals surface area contributed by atoms with Crippen LogP contribution in [0.15, 0.2) is 53.5 Å². The Labute approximate surface area is 175 Å². The highest BCUT2D eigenvalue weighted by Gasteiger charge is 2.36. The Bertz CT molecular complexity index is 869. The Morgan fingerprint density at radius 3 is 2.52 bits per heavy atom. The Morgan fingerprint density at radius 1 is 1.22 bits per heavy atom. The van der Waals surface area contributed by atoms with Crippen molar-refractivity contribution in [1.29, 1.82) is 0 Å². The van der Waals surface area contributed by atoms with Crippen LogP contribution in [0.1, 0.15) is 6.42 Å². The van der Waals surface area contributed by atoms with E-state index in [1.807, 2.05) is 24.3 Å². The van der Waals surface area contributed by atoms with E-state index in [-0.39, 0.29) is 18.2 Å². The van der Waals surface area contributed by atoms with E-state index >= 15 is 0 Å². The second-order valence-corrected chi connectivity index (χ2v) is 8.27. The van der Waals surface area contributed by atoms with E-state index in [9.17, 15) is 9.59 Å². The van der Waals surface area contributed by atoms with Crippen LogP contribution in [0.4, 0.5) is 11.4 Å². The molecule has 1 aliphatic heterocycles. The molecule has 140 valence electrons. The number of anilines is 1. The lowest BCUT2D eigenvalue weighted by molar-refractivity contribution is -0.127. The van der Waals surface area contributed by atoms with Crippen molar-refractivity contribution >= 4 is 62.7 Å². The standard InChI is InChI=1S/C19H18IN3O3S/c1-23-18(25)16(27-19(23)22-14-5-3-12(20)4-6-14)11-17(24)21-13-7-9-15(26-2)10-8-13/h3-10,16H,11H2,1-2H3,(H,21,24)/t16-/m1/s1.